The van der Waals surface area contributed by atoms with Gasteiger partial charge in [-0.25, -0.2) is 0 Å². The average molecular weight is 276 g/mol. The fourth-order valence-electron chi connectivity index (χ4n) is 2.43. The van der Waals surface area contributed by atoms with Crippen molar-refractivity contribution >= 4 is 11.8 Å². The molecule has 2 rings (SSSR count). The Morgan fingerprint density at radius 2 is 1.89 bits per heavy atom. The van der Waals surface area contributed by atoms with Crippen molar-refractivity contribution in [3.05, 3.63) is 40.7 Å². The molecule has 2 aromatic rings. The highest BCUT2D eigenvalue weighted by molar-refractivity contribution is 7.99. The van der Waals surface area contributed by atoms with Gasteiger partial charge in [0.25, 0.3) is 0 Å². The van der Waals surface area contributed by atoms with E-state index in [0.29, 0.717) is 0 Å². The maximum Gasteiger partial charge on any atom is 0.190 e. The average Bonchev–Trinajstić information content (AvgIpc) is 2.70. The van der Waals surface area contributed by atoms with Crippen LogP contribution in [-0.2, 0) is 7.05 Å². The Labute approximate surface area is 118 Å². The summed E-state index contributed by atoms with van der Waals surface area (Å²) in [4.78, 5) is 0. The number of hydrogen-bond acceptors (Lipinski definition) is 4. The van der Waals surface area contributed by atoms with Gasteiger partial charge >= 0.3 is 0 Å². The Morgan fingerprint density at radius 1 is 1.26 bits per heavy atom. The van der Waals surface area contributed by atoms with Gasteiger partial charge < -0.3 is 10.3 Å². The van der Waals surface area contributed by atoms with Crippen LogP contribution in [0.4, 0.5) is 0 Å². The second kappa shape index (κ2) is 5.75. The SMILES string of the molecule is Cc1cc(C)c(C(N)CSc2nncn2C)c(C)c1. The highest BCUT2D eigenvalue weighted by atomic mass is 32.2. The summed E-state index contributed by atoms with van der Waals surface area (Å²) < 4.78 is 1.91. The van der Waals surface area contributed by atoms with Gasteiger partial charge in [-0.1, -0.05) is 29.5 Å². The first-order chi connectivity index (χ1) is 8.99. The second-order valence-corrected chi connectivity index (χ2v) is 5.94. The van der Waals surface area contributed by atoms with Crippen molar-refractivity contribution in [1.29, 1.82) is 0 Å². The van der Waals surface area contributed by atoms with E-state index in [1.807, 2.05) is 11.6 Å². The van der Waals surface area contributed by atoms with Crippen LogP contribution >= 0.6 is 11.8 Å². The summed E-state index contributed by atoms with van der Waals surface area (Å²) in [5, 5.41) is 8.83. The van der Waals surface area contributed by atoms with E-state index in [1.54, 1.807) is 18.1 Å². The lowest BCUT2D eigenvalue weighted by molar-refractivity contribution is 0.774. The number of nitrogens with two attached hydrogens (primary N) is 1. The Balaban J connectivity index is 2.12. The van der Waals surface area contributed by atoms with E-state index in [2.05, 4.69) is 43.1 Å². The predicted molar refractivity (Wildman–Crippen MR) is 79.3 cm³/mol. The highest BCUT2D eigenvalue weighted by Crippen LogP contribution is 2.26. The van der Waals surface area contributed by atoms with Crippen LogP contribution in [-0.4, -0.2) is 20.5 Å². The first-order valence-corrected chi connectivity index (χ1v) is 7.27. The zero-order valence-electron chi connectivity index (χ0n) is 11.8. The predicted octanol–water partition coefficient (Wildman–Crippen LogP) is 2.53. The van der Waals surface area contributed by atoms with Crippen LogP contribution in [0.25, 0.3) is 0 Å². The summed E-state index contributed by atoms with van der Waals surface area (Å²) in [6, 6.07) is 4.40. The van der Waals surface area contributed by atoms with Crippen molar-refractivity contribution in [3.8, 4) is 0 Å². The summed E-state index contributed by atoms with van der Waals surface area (Å²) in [6.45, 7) is 6.37. The number of nitrogens with zero attached hydrogens (tertiary/aromatic N) is 3. The molecule has 1 unspecified atom stereocenters. The maximum absolute atomic E-state index is 6.34. The normalized spacial score (nSPS) is 12.7. The first-order valence-electron chi connectivity index (χ1n) is 6.29. The lowest BCUT2D eigenvalue weighted by atomic mass is 9.95. The van der Waals surface area contributed by atoms with E-state index in [4.69, 9.17) is 5.73 Å². The van der Waals surface area contributed by atoms with E-state index in [9.17, 15) is 0 Å². The van der Waals surface area contributed by atoms with E-state index < -0.39 is 0 Å². The second-order valence-electron chi connectivity index (χ2n) is 4.95. The topological polar surface area (TPSA) is 56.7 Å². The van der Waals surface area contributed by atoms with Crippen LogP contribution in [0.2, 0.25) is 0 Å². The molecule has 0 radical (unpaired) electrons. The summed E-state index contributed by atoms with van der Waals surface area (Å²) in [6.07, 6.45) is 1.70. The Morgan fingerprint density at radius 3 is 2.42 bits per heavy atom. The zero-order valence-corrected chi connectivity index (χ0v) is 12.7. The van der Waals surface area contributed by atoms with E-state index in [-0.39, 0.29) is 6.04 Å². The third kappa shape index (κ3) is 3.16. The van der Waals surface area contributed by atoms with Crippen molar-refractivity contribution in [2.24, 2.45) is 12.8 Å². The van der Waals surface area contributed by atoms with Crippen LogP contribution in [0.5, 0.6) is 0 Å². The summed E-state index contributed by atoms with van der Waals surface area (Å²) in [5.74, 6) is 0.803. The molecule has 0 bridgehead atoms. The van der Waals surface area contributed by atoms with Gasteiger partial charge in [0.2, 0.25) is 0 Å². The van der Waals surface area contributed by atoms with E-state index in [1.165, 1.54) is 22.3 Å². The standard InChI is InChI=1S/C14H20N4S/c1-9-5-10(2)13(11(3)6-9)12(15)7-19-14-17-16-8-18(14)4/h5-6,8,12H,7,15H2,1-4H3. The van der Waals surface area contributed by atoms with Gasteiger partial charge in [0.05, 0.1) is 0 Å². The molecule has 4 nitrogen and oxygen atoms in total. The monoisotopic (exact) mass is 276 g/mol. The maximum atomic E-state index is 6.34. The Kier molecular flexibility index (Phi) is 4.27. The molecule has 0 fully saturated rings. The minimum absolute atomic E-state index is 0.0160. The molecule has 0 spiro atoms. The molecule has 1 atom stereocenters. The number of aryl methyl sites for hydroxylation is 4. The van der Waals surface area contributed by atoms with E-state index >= 15 is 0 Å². The molecule has 0 saturated carbocycles. The number of benzene rings is 1. The van der Waals surface area contributed by atoms with Gasteiger partial charge in [-0.3, -0.25) is 0 Å². The summed E-state index contributed by atoms with van der Waals surface area (Å²) >= 11 is 1.64. The van der Waals surface area contributed by atoms with Crippen LogP contribution < -0.4 is 5.73 Å². The molecule has 0 amide bonds. The van der Waals surface area contributed by atoms with Crippen molar-refractivity contribution in [3.63, 3.8) is 0 Å². The first kappa shape index (κ1) is 14.1. The molecule has 19 heavy (non-hydrogen) atoms. The van der Waals surface area contributed by atoms with Crippen molar-refractivity contribution in [1.82, 2.24) is 14.8 Å². The molecule has 2 N–H and O–H groups in total. The number of rotatable bonds is 4. The number of hydrogen-bond donors (Lipinski definition) is 1. The summed E-state index contributed by atoms with van der Waals surface area (Å²) in [7, 11) is 1.94. The van der Waals surface area contributed by atoms with Crippen molar-refractivity contribution in [2.45, 2.75) is 32.0 Å². The molecule has 0 aliphatic heterocycles. The smallest absolute Gasteiger partial charge is 0.190 e. The minimum atomic E-state index is 0.0160. The van der Waals surface area contributed by atoms with E-state index in [0.717, 1.165) is 10.9 Å². The fourth-order valence-corrected chi connectivity index (χ4v) is 3.28. The van der Waals surface area contributed by atoms with Gasteiger partial charge in [-0.2, -0.15) is 0 Å². The van der Waals surface area contributed by atoms with Crippen LogP contribution in [0.15, 0.2) is 23.6 Å². The molecule has 1 aromatic heterocycles. The van der Waals surface area contributed by atoms with Crippen molar-refractivity contribution in [2.75, 3.05) is 5.75 Å². The molecule has 1 heterocycles. The highest BCUT2D eigenvalue weighted by Gasteiger charge is 2.14. The zero-order chi connectivity index (χ0) is 14.0. The quantitative estimate of drug-likeness (QED) is 0.872. The Hall–Kier alpha value is -1.33. The molecule has 0 aliphatic rings. The molecule has 0 aliphatic carbocycles. The van der Waals surface area contributed by atoms with Gasteiger partial charge in [-0.05, 0) is 37.5 Å². The molecule has 102 valence electrons. The molecular formula is C14H20N4S. The lowest BCUT2D eigenvalue weighted by Crippen LogP contribution is -2.16. The summed E-state index contributed by atoms with van der Waals surface area (Å²) in [5.41, 5.74) is 11.4. The van der Waals surface area contributed by atoms with Crippen LogP contribution in [0, 0.1) is 20.8 Å². The Bertz CT molecular complexity index is 554. The number of thioether (sulfide) groups is 1. The minimum Gasteiger partial charge on any atom is -0.323 e. The van der Waals surface area contributed by atoms with Gasteiger partial charge in [0, 0.05) is 18.8 Å². The molecular weight excluding hydrogens is 256 g/mol. The molecule has 5 heteroatoms. The largest absolute Gasteiger partial charge is 0.323 e. The molecule has 0 saturated heterocycles. The third-order valence-corrected chi connectivity index (χ3v) is 4.32. The van der Waals surface area contributed by atoms with Crippen LogP contribution in [0.3, 0.4) is 0 Å². The number of aromatic nitrogens is 3. The van der Waals surface area contributed by atoms with Crippen molar-refractivity contribution < 1.29 is 0 Å². The van der Waals surface area contributed by atoms with Crippen LogP contribution in [0.1, 0.15) is 28.3 Å². The fraction of sp³-hybridized carbons (Fsp3) is 0.429. The lowest BCUT2D eigenvalue weighted by Gasteiger charge is -2.18. The van der Waals surface area contributed by atoms with Gasteiger partial charge in [-0.15, -0.1) is 10.2 Å². The molecule has 1 aromatic carbocycles. The third-order valence-electron chi connectivity index (χ3n) is 3.17. The van der Waals surface area contributed by atoms with Gasteiger partial charge in [0.1, 0.15) is 6.33 Å². The van der Waals surface area contributed by atoms with Gasteiger partial charge in [0.15, 0.2) is 5.16 Å².